The molecule has 0 bridgehead atoms. The number of nitrogens with two attached hydrogens (primary N) is 1. The topological polar surface area (TPSA) is 122 Å². The number of hydrogen-bond acceptors (Lipinski definition) is 4. The molecule has 0 spiro atoms. The van der Waals surface area contributed by atoms with E-state index in [1.165, 1.54) is 19.1 Å². The van der Waals surface area contributed by atoms with Crippen molar-refractivity contribution in [2.24, 2.45) is 5.73 Å². The highest BCUT2D eigenvalue weighted by atomic mass is 19.4. The zero-order valence-corrected chi connectivity index (χ0v) is 13.3. The van der Waals surface area contributed by atoms with Crippen LogP contribution in [0.3, 0.4) is 0 Å². The molecule has 0 radical (unpaired) electrons. The van der Waals surface area contributed by atoms with Crippen LogP contribution in [0.1, 0.15) is 24.5 Å². The Balaban J connectivity index is 2.48. The number of carbonyl (C=O) groups is 3. The van der Waals surface area contributed by atoms with Gasteiger partial charge in [-0.2, -0.15) is 13.2 Å². The van der Waals surface area contributed by atoms with Gasteiger partial charge in [0.15, 0.2) is 0 Å². The maximum Gasteiger partial charge on any atom is 0.416 e. The fourth-order valence-electron chi connectivity index (χ4n) is 1.79. The fraction of sp³-hybridized carbons (Fsp3) is 0.400. The second kappa shape index (κ2) is 8.47. The first-order valence-corrected chi connectivity index (χ1v) is 7.22. The lowest BCUT2D eigenvalue weighted by atomic mass is 10.1. The molecular formula is C15H18F3N3O4. The van der Waals surface area contributed by atoms with Crippen molar-refractivity contribution in [2.75, 3.05) is 0 Å². The Hall–Kier alpha value is -2.62. The van der Waals surface area contributed by atoms with Crippen LogP contribution in [-0.4, -0.2) is 35.0 Å². The maximum absolute atomic E-state index is 12.4. The van der Waals surface area contributed by atoms with E-state index < -0.39 is 48.0 Å². The predicted molar refractivity (Wildman–Crippen MR) is 81.1 cm³/mol. The van der Waals surface area contributed by atoms with Crippen molar-refractivity contribution in [1.29, 1.82) is 0 Å². The molecule has 0 unspecified atom stereocenters. The summed E-state index contributed by atoms with van der Waals surface area (Å²) in [5.74, 6) is -2.61. The molecule has 2 amide bonds. The van der Waals surface area contributed by atoms with E-state index in [2.05, 4.69) is 10.6 Å². The molecule has 2 atom stereocenters. The summed E-state index contributed by atoms with van der Waals surface area (Å²) in [6, 6.07) is 1.89. The quantitative estimate of drug-likeness (QED) is 0.567. The van der Waals surface area contributed by atoms with Gasteiger partial charge in [0.1, 0.15) is 6.04 Å². The van der Waals surface area contributed by atoms with E-state index in [0.717, 1.165) is 12.1 Å². The number of benzene rings is 1. The van der Waals surface area contributed by atoms with E-state index in [4.69, 9.17) is 10.8 Å². The molecule has 0 aromatic heterocycles. The first kappa shape index (κ1) is 20.4. The zero-order valence-electron chi connectivity index (χ0n) is 13.3. The molecule has 138 valence electrons. The highest BCUT2D eigenvalue weighted by Gasteiger charge is 2.30. The molecule has 0 aliphatic carbocycles. The molecule has 0 aliphatic rings. The minimum Gasteiger partial charge on any atom is -0.480 e. The Bertz CT molecular complexity index is 632. The summed E-state index contributed by atoms with van der Waals surface area (Å²) in [7, 11) is 0. The van der Waals surface area contributed by atoms with Crippen molar-refractivity contribution < 1.29 is 32.7 Å². The number of carboxylic acid groups (broad SMARTS) is 1. The average molecular weight is 361 g/mol. The van der Waals surface area contributed by atoms with Crippen molar-refractivity contribution in [1.82, 2.24) is 10.6 Å². The zero-order chi connectivity index (χ0) is 19.2. The Morgan fingerprint density at radius 3 is 2.24 bits per heavy atom. The third kappa shape index (κ3) is 6.79. The minimum absolute atomic E-state index is 0.0577. The van der Waals surface area contributed by atoms with Crippen LogP contribution in [0.5, 0.6) is 0 Å². The largest absolute Gasteiger partial charge is 0.480 e. The van der Waals surface area contributed by atoms with E-state index in [1.54, 1.807) is 0 Å². The van der Waals surface area contributed by atoms with E-state index in [-0.39, 0.29) is 6.54 Å². The molecule has 25 heavy (non-hydrogen) atoms. The lowest BCUT2D eigenvalue weighted by molar-refractivity contribution is -0.141. The Morgan fingerprint density at radius 1 is 1.20 bits per heavy atom. The summed E-state index contributed by atoms with van der Waals surface area (Å²) < 4.78 is 37.3. The number of halogens is 3. The molecule has 1 aromatic rings. The van der Waals surface area contributed by atoms with Gasteiger partial charge in [-0.05, 0) is 24.6 Å². The van der Waals surface area contributed by atoms with Gasteiger partial charge in [0.2, 0.25) is 11.8 Å². The Labute approximate surface area is 141 Å². The number of hydrogen-bond donors (Lipinski definition) is 4. The van der Waals surface area contributed by atoms with Gasteiger partial charge in [0.25, 0.3) is 0 Å². The SMILES string of the molecule is C[C@H](NC(=O)C[C@H](N)C(=O)NCc1ccc(C(F)(F)F)cc1)C(=O)O. The van der Waals surface area contributed by atoms with Crippen LogP contribution in [0.4, 0.5) is 13.2 Å². The fourth-order valence-corrected chi connectivity index (χ4v) is 1.79. The number of rotatable bonds is 7. The van der Waals surface area contributed by atoms with Crippen molar-refractivity contribution in [3.05, 3.63) is 35.4 Å². The van der Waals surface area contributed by atoms with Gasteiger partial charge >= 0.3 is 12.1 Å². The Kier molecular flexibility index (Phi) is 6.92. The molecule has 1 aromatic carbocycles. The van der Waals surface area contributed by atoms with Gasteiger partial charge in [-0.15, -0.1) is 0 Å². The number of alkyl halides is 3. The lowest BCUT2D eigenvalue weighted by Crippen LogP contribution is -2.46. The summed E-state index contributed by atoms with van der Waals surface area (Å²) in [5, 5.41) is 13.2. The lowest BCUT2D eigenvalue weighted by Gasteiger charge is -2.14. The molecule has 10 heteroatoms. The van der Waals surface area contributed by atoms with Gasteiger partial charge in [-0.3, -0.25) is 14.4 Å². The second-order valence-electron chi connectivity index (χ2n) is 5.35. The van der Waals surface area contributed by atoms with Gasteiger partial charge in [0, 0.05) is 6.54 Å². The Morgan fingerprint density at radius 2 is 1.76 bits per heavy atom. The third-order valence-corrected chi connectivity index (χ3v) is 3.24. The summed E-state index contributed by atoms with van der Waals surface area (Å²) in [5.41, 5.74) is 5.17. The van der Waals surface area contributed by atoms with Crippen LogP contribution >= 0.6 is 0 Å². The summed E-state index contributed by atoms with van der Waals surface area (Å²) in [6.45, 7) is 1.20. The van der Waals surface area contributed by atoms with Crippen molar-refractivity contribution >= 4 is 17.8 Å². The van der Waals surface area contributed by atoms with Crippen LogP contribution in [-0.2, 0) is 27.1 Å². The van der Waals surface area contributed by atoms with Gasteiger partial charge in [-0.25, -0.2) is 0 Å². The van der Waals surface area contributed by atoms with E-state index >= 15 is 0 Å². The summed E-state index contributed by atoms with van der Waals surface area (Å²) >= 11 is 0. The average Bonchev–Trinajstić information content (AvgIpc) is 2.51. The summed E-state index contributed by atoms with van der Waals surface area (Å²) in [4.78, 5) is 33.9. The molecule has 0 aliphatic heterocycles. The van der Waals surface area contributed by atoms with Gasteiger partial charge in [-0.1, -0.05) is 12.1 Å². The molecule has 0 saturated heterocycles. The first-order valence-electron chi connectivity index (χ1n) is 7.22. The second-order valence-corrected chi connectivity index (χ2v) is 5.35. The molecule has 5 N–H and O–H groups in total. The molecule has 7 nitrogen and oxygen atoms in total. The van der Waals surface area contributed by atoms with Gasteiger partial charge in [0.05, 0.1) is 18.0 Å². The van der Waals surface area contributed by atoms with Crippen LogP contribution in [0, 0.1) is 0 Å². The molecule has 0 fully saturated rings. The number of nitrogens with one attached hydrogen (secondary N) is 2. The van der Waals surface area contributed by atoms with E-state index in [0.29, 0.717) is 5.56 Å². The van der Waals surface area contributed by atoms with Crippen LogP contribution in [0.25, 0.3) is 0 Å². The van der Waals surface area contributed by atoms with Crippen molar-refractivity contribution in [3.8, 4) is 0 Å². The van der Waals surface area contributed by atoms with E-state index in [1.807, 2.05) is 0 Å². The highest BCUT2D eigenvalue weighted by molar-refractivity contribution is 5.89. The molecule has 1 rings (SSSR count). The highest BCUT2D eigenvalue weighted by Crippen LogP contribution is 2.28. The number of aliphatic carboxylic acids is 1. The standard InChI is InChI=1S/C15H18F3N3O4/c1-8(14(24)25)21-12(22)6-11(19)13(23)20-7-9-2-4-10(5-3-9)15(16,17)18/h2-5,8,11H,6-7,19H2,1H3,(H,20,23)(H,21,22)(H,24,25)/t8-,11-/m0/s1. The number of carboxylic acids is 1. The smallest absolute Gasteiger partial charge is 0.416 e. The molecule has 0 heterocycles. The van der Waals surface area contributed by atoms with E-state index in [9.17, 15) is 27.6 Å². The minimum atomic E-state index is -4.44. The van der Waals surface area contributed by atoms with Crippen LogP contribution in [0.2, 0.25) is 0 Å². The van der Waals surface area contributed by atoms with Crippen LogP contribution < -0.4 is 16.4 Å². The first-order chi connectivity index (χ1) is 11.5. The monoisotopic (exact) mass is 361 g/mol. The van der Waals surface area contributed by atoms with Crippen LogP contribution in [0.15, 0.2) is 24.3 Å². The number of carbonyl (C=O) groups excluding carboxylic acids is 2. The van der Waals surface area contributed by atoms with Crippen molar-refractivity contribution in [2.45, 2.75) is 38.1 Å². The predicted octanol–water partition coefficient (Wildman–Crippen LogP) is 0.628. The molecular weight excluding hydrogens is 343 g/mol. The maximum atomic E-state index is 12.4. The normalized spacial score (nSPS) is 13.6. The van der Waals surface area contributed by atoms with Gasteiger partial charge < -0.3 is 21.5 Å². The van der Waals surface area contributed by atoms with Crippen molar-refractivity contribution in [3.63, 3.8) is 0 Å². The molecule has 0 saturated carbocycles. The number of amides is 2. The third-order valence-electron chi connectivity index (χ3n) is 3.24. The summed E-state index contributed by atoms with van der Waals surface area (Å²) in [6.07, 6.45) is -4.86.